The molecular formula is C13H18O2. The Kier molecular flexibility index (Phi) is 2.03. The van der Waals surface area contributed by atoms with Gasteiger partial charge in [-0.1, -0.05) is 18.4 Å². The molecule has 0 aromatic carbocycles. The van der Waals surface area contributed by atoms with Crippen molar-refractivity contribution >= 4 is 5.78 Å². The SMILES string of the molecule is O=C1C2=C(CCCC2)[C@@H]2CCCC[C@]12O. The molecule has 3 aliphatic carbocycles. The number of carbonyl (C=O) groups excluding carboxylic acids is 1. The predicted octanol–water partition coefficient (Wildman–Crippen LogP) is 2.36. The summed E-state index contributed by atoms with van der Waals surface area (Å²) in [5, 5.41) is 10.5. The molecule has 82 valence electrons. The second-order valence-electron chi connectivity index (χ2n) is 5.26. The highest BCUT2D eigenvalue weighted by molar-refractivity contribution is 6.06. The molecule has 1 fully saturated rings. The number of Topliss-reactive ketones (excluding diaryl/α,β-unsaturated/α-hetero) is 1. The highest BCUT2D eigenvalue weighted by Crippen LogP contribution is 2.50. The number of fused-ring (bicyclic) bond motifs is 2. The lowest BCUT2D eigenvalue weighted by Crippen LogP contribution is -2.44. The zero-order valence-electron chi connectivity index (χ0n) is 9.09. The third-order valence-corrected chi connectivity index (χ3v) is 4.48. The van der Waals surface area contributed by atoms with E-state index in [0.717, 1.165) is 37.7 Å². The quantitative estimate of drug-likeness (QED) is 0.660. The van der Waals surface area contributed by atoms with Crippen LogP contribution in [0.5, 0.6) is 0 Å². The van der Waals surface area contributed by atoms with Gasteiger partial charge in [0.25, 0.3) is 0 Å². The first-order chi connectivity index (χ1) is 7.23. The van der Waals surface area contributed by atoms with Crippen LogP contribution in [0.1, 0.15) is 51.4 Å². The van der Waals surface area contributed by atoms with Gasteiger partial charge in [-0.25, -0.2) is 0 Å². The molecule has 0 aliphatic heterocycles. The number of aliphatic hydroxyl groups is 1. The van der Waals surface area contributed by atoms with Crippen molar-refractivity contribution in [3.63, 3.8) is 0 Å². The summed E-state index contributed by atoms with van der Waals surface area (Å²) < 4.78 is 0. The smallest absolute Gasteiger partial charge is 0.190 e. The van der Waals surface area contributed by atoms with Crippen molar-refractivity contribution in [1.29, 1.82) is 0 Å². The topological polar surface area (TPSA) is 37.3 Å². The minimum Gasteiger partial charge on any atom is -0.381 e. The second-order valence-corrected chi connectivity index (χ2v) is 5.26. The van der Waals surface area contributed by atoms with Gasteiger partial charge in [0.1, 0.15) is 5.60 Å². The van der Waals surface area contributed by atoms with E-state index in [1.807, 2.05) is 0 Å². The van der Waals surface area contributed by atoms with Crippen LogP contribution in [0.25, 0.3) is 0 Å². The van der Waals surface area contributed by atoms with Crippen LogP contribution in [0, 0.1) is 5.92 Å². The first-order valence-corrected chi connectivity index (χ1v) is 6.22. The van der Waals surface area contributed by atoms with Gasteiger partial charge in [-0.15, -0.1) is 0 Å². The van der Waals surface area contributed by atoms with E-state index in [2.05, 4.69) is 0 Å². The van der Waals surface area contributed by atoms with Crippen LogP contribution in [0.3, 0.4) is 0 Å². The third kappa shape index (κ3) is 1.17. The molecule has 0 aromatic rings. The zero-order valence-corrected chi connectivity index (χ0v) is 9.09. The number of rotatable bonds is 0. The average molecular weight is 206 g/mol. The highest BCUT2D eigenvalue weighted by Gasteiger charge is 2.53. The Morgan fingerprint density at radius 1 is 1.13 bits per heavy atom. The number of hydrogen-bond donors (Lipinski definition) is 1. The van der Waals surface area contributed by atoms with E-state index in [1.165, 1.54) is 18.4 Å². The van der Waals surface area contributed by atoms with Crippen LogP contribution in [0.15, 0.2) is 11.1 Å². The van der Waals surface area contributed by atoms with Crippen LogP contribution in [0.2, 0.25) is 0 Å². The minimum atomic E-state index is -0.979. The van der Waals surface area contributed by atoms with E-state index in [4.69, 9.17) is 0 Å². The summed E-state index contributed by atoms with van der Waals surface area (Å²) in [7, 11) is 0. The minimum absolute atomic E-state index is 0.0851. The predicted molar refractivity (Wildman–Crippen MR) is 57.4 cm³/mol. The van der Waals surface area contributed by atoms with Crippen LogP contribution in [-0.4, -0.2) is 16.5 Å². The molecule has 0 aromatic heterocycles. The van der Waals surface area contributed by atoms with Gasteiger partial charge in [-0.05, 0) is 44.1 Å². The van der Waals surface area contributed by atoms with E-state index in [0.29, 0.717) is 6.42 Å². The van der Waals surface area contributed by atoms with Crippen molar-refractivity contribution in [2.24, 2.45) is 5.92 Å². The van der Waals surface area contributed by atoms with E-state index >= 15 is 0 Å². The Morgan fingerprint density at radius 2 is 1.93 bits per heavy atom. The van der Waals surface area contributed by atoms with Gasteiger partial charge in [0.15, 0.2) is 5.78 Å². The summed E-state index contributed by atoms with van der Waals surface area (Å²) in [6, 6.07) is 0. The molecule has 2 atom stereocenters. The van der Waals surface area contributed by atoms with Crippen molar-refractivity contribution in [1.82, 2.24) is 0 Å². The molecule has 0 spiro atoms. The molecule has 0 heterocycles. The molecule has 2 nitrogen and oxygen atoms in total. The van der Waals surface area contributed by atoms with Crippen LogP contribution in [-0.2, 0) is 4.79 Å². The maximum absolute atomic E-state index is 12.2. The molecule has 0 bridgehead atoms. The summed E-state index contributed by atoms with van der Waals surface area (Å²) in [6.07, 6.45) is 8.24. The lowest BCUT2D eigenvalue weighted by Gasteiger charge is -2.34. The molecule has 1 saturated carbocycles. The summed E-state index contributed by atoms with van der Waals surface area (Å²) in [4.78, 5) is 12.2. The summed E-state index contributed by atoms with van der Waals surface area (Å²) in [5.74, 6) is 0.274. The summed E-state index contributed by atoms with van der Waals surface area (Å²) >= 11 is 0. The fraction of sp³-hybridized carbons (Fsp3) is 0.769. The largest absolute Gasteiger partial charge is 0.381 e. The Bertz CT molecular complexity index is 342. The molecule has 0 unspecified atom stereocenters. The Hall–Kier alpha value is -0.630. The number of hydrogen-bond acceptors (Lipinski definition) is 2. The van der Waals surface area contributed by atoms with Crippen LogP contribution in [0.4, 0.5) is 0 Å². The summed E-state index contributed by atoms with van der Waals surface area (Å²) in [5.41, 5.74) is 1.36. The first kappa shape index (κ1) is 9.59. The normalized spacial score (nSPS) is 40.3. The average Bonchev–Trinajstić information content (AvgIpc) is 2.50. The van der Waals surface area contributed by atoms with Gasteiger partial charge in [0.2, 0.25) is 0 Å². The number of ketones is 1. The molecule has 0 amide bonds. The van der Waals surface area contributed by atoms with Crippen LogP contribution < -0.4 is 0 Å². The molecule has 3 rings (SSSR count). The van der Waals surface area contributed by atoms with E-state index in [1.54, 1.807) is 0 Å². The van der Waals surface area contributed by atoms with Gasteiger partial charge >= 0.3 is 0 Å². The molecule has 0 saturated heterocycles. The van der Waals surface area contributed by atoms with Gasteiger partial charge in [-0.2, -0.15) is 0 Å². The molecule has 1 N–H and O–H groups in total. The van der Waals surface area contributed by atoms with Crippen molar-refractivity contribution < 1.29 is 9.90 Å². The maximum atomic E-state index is 12.2. The van der Waals surface area contributed by atoms with Gasteiger partial charge in [0.05, 0.1) is 0 Å². The van der Waals surface area contributed by atoms with E-state index < -0.39 is 5.60 Å². The van der Waals surface area contributed by atoms with Crippen molar-refractivity contribution in [3.05, 3.63) is 11.1 Å². The molecule has 15 heavy (non-hydrogen) atoms. The molecule has 2 heteroatoms. The molecule has 3 aliphatic rings. The standard InChI is InChI=1S/C13H18O2/c14-12-10-6-2-1-5-9(10)11-7-3-4-8-13(11,12)15/h11,15H,1-8H2/t11-,13+/m0/s1. The highest BCUT2D eigenvalue weighted by atomic mass is 16.3. The molecule has 0 radical (unpaired) electrons. The Morgan fingerprint density at radius 3 is 2.80 bits per heavy atom. The second kappa shape index (κ2) is 3.18. The zero-order chi connectivity index (χ0) is 10.5. The number of carbonyl (C=O) groups is 1. The summed E-state index contributed by atoms with van der Waals surface area (Å²) in [6.45, 7) is 0. The fourth-order valence-corrected chi connectivity index (χ4v) is 3.72. The van der Waals surface area contributed by atoms with Gasteiger partial charge in [0, 0.05) is 5.92 Å². The van der Waals surface area contributed by atoms with Gasteiger partial charge < -0.3 is 5.11 Å². The van der Waals surface area contributed by atoms with Crippen LogP contribution >= 0.6 is 0 Å². The fourth-order valence-electron chi connectivity index (χ4n) is 3.72. The lowest BCUT2D eigenvalue weighted by atomic mass is 9.74. The monoisotopic (exact) mass is 206 g/mol. The Balaban J connectivity index is 2.03. The Labute approximate surface area is 90.4 Å². The third-order valence-electron chi connectivity index (χ3n) is 4.48. The van der Waals surface area contributed by atoms with Crippen molar-refractivity contribution in [2.45, 2.75) is 57.0 Å². The molecular weight excluding hydrogens is 188 g/mol. The van der Waals surface area contributed by atoms with Crippen molar-refractivity contribution in [3.8, 4) is 0 Å². The first-order valence-electron chi connectivity index (χ1n) is 6.22. The van der Waals surface area contributed by atoms with Gasteiger partial charge in [-0.3, -0.25) is 4.79 Å². The maximum Gasteiger partial charge on any atom is 0.190 e. The lowest BCUT2D eigenvalue weighted by molar-refractivity contribution is -0.138. The van der Waals surface area contributed by atoms with E-state index in [9.17, 15) is 9.90 Å². The van der Waals surface area contributed by atoms with E-state index in [-0.39, 0.29) is 11.7 Å². The van der Waals surface area contributed by atoms with Crippen molar-refractivity contribution in [2.75, 3.05) is 0 Å².